The molecular formula is C19H22N2O3. The van der Waals surface area contributed by atoms with Crippen molar-refractivity contribution in [1.29, 1.82) is 0 Å². The van der Waals surface area contributed by atoms with Gasteiger partial charge in [0.2, 0.25) is 5.91 Å². The molecule has 1 amide bonds. The molecule has 1 N–H and O–H groups in total. The van der Waals surface area contributed by atoms with Crippen molar-refractivity contribution < 1.29 is 14.3 Å². The number of nitrogens with zero attached hydrogens (tertiary/aromatic N) is 1. The number of amides is 1. The summed E-state index contributed by atoms with van der Waals surface area (Å²) in [6.07, 6.45) is 0. The molecule has 0 bridgehead atoms. The summed E-state index contributed by atoms with van der Waals surface area (Å²) in [4.78, 5) is 14.4. The van der Waals surface area contributed by atoms with E-state index in [0.717, 1.165) is 22.7 Å². The van der Waals surface area contributed by atoms with Gasteiger partial charge in [0.15, 0.2) is 11.5 Å². The fraction of sp³-hybridized carbons (Fsp3) is 0.316. The number of hydrogen-bond donors (Lipinski definition) is 1. The van der Waals surface area contributed by atoms with Crippen LogP contribution >= 0.6 is 0 Å². The zero-order valence-corrected chi connectivity index (χ0v) is 14.0. The van der Waals surface area contributed by atoms with E-state index in [4.69, 9.17) is 9.47 Å². The number of rotatable bonds is 5. The highest BCUT2D eigenvalue weighted by molar-refractivity contribution is 5.94. The van der Waals surface area contributed by atoms with Crippen molar-refractivity contribution in [3.8, 4) is 11.5 Å². The number of ether oxygens (including phenoxy) is 2. The molecule has 1 heterocycles. The standard InChI is InChI=1S/C19H22N2O3/c1-14(19(22)20-16-6-4-3-5-7-16)21(2)13-15-8-9-17-18(12-15)24-11-10-23-17/h3-9,12,14H,10-11,13H2,1-2H3,(H,20,22)/t14-/m1/s1. The van der Waals surface area contributed by atoms with Crippen LogP contribution in [0.3, 0.4) is 0 Å². The second kappa shape index (κ2) is 7.36. The molecule has 5 heteroatoms. The molecule has 0 radical (unpaired) electrons. The highest BCUT2D eigenvalue weighted by atomic mass is 16.6. The Balaban J connectivity index is 1.61. The van der Waals surface area contributed by atoms with Crippen molar-refractivity contribution in [1.82, 2.24) is 4.90 Å². The van der Waals surface area contributed by atoms with Crippen LogP contribution in [0.4, 0.5) is 5.69 Å². The van der Waals surface area contributed by atoms with Crippen LogP contribution in [0.2, 0.25) is 0 Å². The Kier molecular flexibility index (Phi) is 5.01. The number of hydrogen-bond acceptors (Lipinski definition) is 4. The van der Waals surface area contributed by atoms with Crippen molar-refractivity contribution in [2.45, 2.75) is 19.5 Å². The summed E-state index contributed by atoms with van der Waals surface area (Å²) in [5.74, 6) is 1.53. The van der Waals surface area contributed by atoms with Crippen LogP contribution < -0.4 is 14.8 Å². The molecule has 2 aromatic rings. The minimum Gasteiger partial charge on any atom is -0.486 e. The summed E-state index contributed by atoms with van der Waals surface area (Å²) in [6, 6.07) is 15.1. The number of benzene rings is 2. The van der Waals surface area contributed by atoms with Crippen LogP contribution in [0.25, 0.3) is 0 Å². The lowest BCUT2D eigenvalue weighted by Gasteiger charge is -2.25. The molecule has 1 aliphatic heterocycles. The van der Waals surface area contributed by atoms with Crippen LogP contribution in [-0.4, -0.2) is 37.1 Å². The third kappa shape index (κ3) is 3.86. The first-order valence-electron chi connectivity index (χ1n) is 8.08. The Labute approximate surface area is 142 Å². The summed E-state index contributed by atoms with van der Waals surface area (Å²) in [6.45, 7) is 3.71. The van der Waals surface area contributed by atoms with Gasteiger partial charge in [-0.25, -0.2) is 0 Å². The zero-order chi connectivity index (χ0) is 16.9. The number of carbonyl (C=O) groups excluding carboxylic acids is 1. The van der Waals surface area contributed by atoms with E-state index in [1.54, 1.807) is 0 Å². The largest absolute Gasteiger partial charge is 0.486 e. The minimum absolute atomic E-state index is 0.0266. The Morgan fingerprint density at radius 3 is 2.58 bits per heavy atom. The van der Waals surface area contributed by atoms with Crippen molar-refractivity contribution >= 4 is 11.6 Å². The molecule has 5 nitrogen and oxygen atoms in total. The second-order valence-electron chi connectivity index (χ2n) is 5.92. The predicted molar refractivity (Wildman–Crippen MR) is 93.4 cm³/mol. The lowest BCUT2D eigenvalue weighted by molar-refractivity contribution is -0.120. The van der Waals surface area contributed by atoms with Crippen LogP contribution in [0.15, 0.2) is 48.5 Å². The SMILES string of the molecule is C[C@H](C(=O)Nc1ccccc1)N(C)Cc1ccc2c(c1)OCCO2. The first kappa shape index (κ1) is 16.3. The molecule has 0 saturated heterocycles. The lowest BCUT2D eigenvalue weighted by Crippen LogP contribution is -2.39. The van der Waals surface area contributed by atoms with Gasteiger partial charge in [-0.2, -0.15) is 0 Å². The van der Waals surface area contributed by atoms with Crippen LogP contribution in [0.5, 0.6) is 11.5 Å². The van der Waals surface area contributed by atoms with Gasteiger partial charge in [-0.05, 0) is 43.8 Å². The van der Waals surface area contributed by atoms with Crippen molar-refractivity contribution in [3.63, 3.8) is 0 Å². The quantitative estimate of drug-likeness (QED) is 0.918. The van der Waals surface area contributed by atoms with Gasteiger partial charge in [0.05, 0.1) is 6.04 Å². The second-order valence-corrected chi connectivity index (χ2v) is 5.92. The lowest BCUT2D eigenvalue weighted by atomic mass is 10.1. The number of likely N-dealkylation sites (N-methyl/N-ethyl adjacent to an activating group) is 1. The van der Waals surface area contributed by atoms with Gasteiger partial charge in [-0.15, -0.1) is 0 Å². The van der Waals surface area contributed by atoms with Gasteiger partial charge >= 0.3 is 0 Å². The molecule has 24 heavy (non-hydrogen) atoms. The van der Waals surface area contributed by atoms with Crippen molar-refractivity contribution in [3.05, 3.63) is 54.1 Å². The third-order valence-corrected chi connectivity index (χ3v) is 4.12. The zero-order valence-electron chi connectivity index (χ0n) is 14.0. The first-order valence-corrected chi connectivity index (χ1v) is 8.08. The highest BCUT2D eigenvalue weighted by Gasteiger charge is 2.19. The van der Waals surface area contributed by atoms with Gasteiger partial charge in [-0.1, -0.05) is 24.3 Å². The molecular weight excluding hydrogens is 304 g/mol. The molecule has 0 fully saturated rings. The fourth-order valence-electron chi connectivity index (χ4n) is 2.58. The average Bonchev–Trinajstić information content (AvgIpc) is 2.61. The number of anilines is 1. The normalized spacial score (nSPS) is 14.3. The monoisotopic (exact) mass is 326 g/mol. The average molecular weight is 326 g/mol. The maximum absolute atomic E-state index is 12.4. The van der Waals surface area contributed by atoms with E-state index in [1.807, 2.05) is 67.4 Å². The predicted octanol–water partition coefficient (Wildman–Crippen LogP) is 2.92. The molecule has 0 spiro atoms. The van der Waals surface area contributed by atoms with Gasteiger partial charge < -0.3 is 14.8 Å². The Morgan fingerprint density at radius 1 is 1.12 bits per heavy atom. The summed E-state index contributed by atoms with van der Waals surface area (Å²) in [7, 11) is 1.94. The first-order chi connectivity index (χ1) is 11.6. The third-order valence-electron chi connectivity index (χ3n) is 4.12. The number of fused-ring (bicyclic) bond motifs is 1. The van der Waals surface area contributed by atoms with E-state index in [1.165, 1.54) is 0 Å². The number of carbonyl (C=O) groups is 1. The molecule has 126 valence electrons. The molecule has 1 aliphatic rings. The van der Waals surface area contributed by atoms with Gasteiger partial charge in [0.25, 0.3) is 0 Å². The van der Waals surface area contributed by atoms with Crippen LogP contribution in [0, 0.1) is 0 Å². The Morgan fingerprint density at radius 2 is 1.83 bits per heavy atom. The fourth-order valence-corrected chi connectivity index (χ4v) is 2.58. The molecule has 0 unspecified atom stereocenters. The van der Waals surface area contributed by atoms with E-state index < -0.39 is 0 Å². The van der Waals surface area contributed by atoms with Gasteiger partial charge in [0, 0.05) is 12.2 Å². The van der Waals surface area contributed by atoms with Crippen molar-refractivity contribution in [2.24, 2.45) is 0 Å². The molecule has 3 rings (SSSR count). The van der Waals surface area contributed by atoms with Gasteiger partial charge in [-0.3, -0.25) is 9.69 Å². The summed E-state index contributed by atoms with van der Waals surface area (Å²) < 4.78 is 11.1. The maximum Gasteiger partial charge on any atom is 0.241 e. The molecule has 0 aliphatic carbocycles. The van der Waals surface area contributed by atoms with Crippen LogP contribution in [-0.2, 0) is 11.3 Å². The minimum atomic E-state index is -0.251. The van der Waals surface area contributed by atoms with Crippen LogP contribution in [0.1, 0.15) is 12.5 Å². The number of nitrogens with one attached hydrogen (secondary N) is 1. The van der Waals surface area contributed by atoms with E-state index in [2.05, 4.69) is 5.32 Å². The summed E-state index contributed by atoms with van der Waals surface area (Å²) in [5, 5.41) is 2.93. The van der Waals surface area contributed by atoms with Gasteiger partial charge in [0.1, 0.15) is 13.2 Å². The summed E-state index contributed by atoms with van der Waals surface area (Å²) >= 11 is 0. The topological polar surface area (TPSA) is 50.8 Å². The number of para-hydroxylation sites is 1. The molecule has 1 atom stereocenters. The highest BCUT2D eigenvalue weighted by Crippen LogP contribution is 2.31. The summed E-state index contributed by atoms with van der Waals surface area (Å²) in [5.41, 5.74) is 1.89. The maximum atomic E-state index is 12.4. The van der Waals surface area contributed by atoms with E-state index in [-0.39, 0.29) is 11.9 Å². The van der Waals surface area contributed by atoms with E-state index in [0.29, 0.717) is 19.8 Å². The Hall–Kier alpha value is -2.53. The molecule has 0 saturated carbocycles. The smallest absolute Gasteiger partial charge is 0.241 e. The molecule has 0 aromatic heterocycles. The van der Waals surface area contributed by atoms with E-state index in [9.17, 15) is 4.79 Å². The molecule has 2 aromatic carbocycles. The van der Waals surface area contributed by atoms with Crippen molar-refractivity contribution in [2.75, 3.05) is 25.6 Å². The van der Waals surface area contributed by atoms with E-state index >= 15 is 0 Å². The Bertz CT molecular complexity index is 703.